The second-order valence-corrected chi connectivity index (χ2v) is 4.75. The number of rotatable bonds is 3. The lowest BCUT2D eigenvalue weighted by molar-refractivity contribution is 0.632. The van der Waals surface area contributed by atoms with Gasteiger partial charge in [0.15, 0.2) is 0 Å². The number of hydrogen-bond donors (Lipinski definition) is 2. The van der Waals surface area contributed by atoms with E-state index >= 15 is 0 Å². The van der Waals surface area contributed by atoms with Crippen LogP contribution >= 0.6 is 0 Å². The van der Waals surface area contributed by atoms with Crippen LogP contribution in [0.3, 0.4) is 0 Å². The van der Waals surface area contributed by atoms with E-state index in [4.69, 9.17) is 5.73 Å². The normalized spacial score (nSPS) is 10.3. The predicted octanol–water partition coefficient (Wildman–Crippen LogP) is 3.53. The maximum atomic E-state index is 13.8. The van der Waals surface area contributed by atoms with Crippen molar-refractivity contribution in [3.05, 3.63) is 47.8 Å². The average Bonchev–Trinajstić information content (AvgIpc) is 2.36. The van der Waals surface area contributed by atoms with Gasteiger partial charge in [-0.3, -0.25) is 0 Å². The van der Waals surface area contributed by atoms with Crippen molar-refractivity contribution in [3.63, 3.8) is 0 Å². The smallest absolute Gasteiger partial charge is 0.148 e. The minimum atomic E-state index is -0.347. The van der Waals surface area contributed by atoms with Crippen molar-refractivity contribution in [1.82, 2.24) is 0 Å². The van der Waals surface area contributed by atoms with Crippen molar-refractivity contribution in [3.8, 4) is 0 Å². The number of nitrogens with one attached hydrogen (secondary N) is 1. The van der Waals surface area contributed by atoms with Crippen molar-refractivity contribution in [1.29, 1.82) is 0 Å². The molecule has 0 radical (unpaired) electrons. The first-order chi connectivity index (χ1) is 8.97. The summed E-state index contributed by atoms with van der Waals surface area (Å²) in [6.45, 7) is 1.86. The molecule has 0 fully saturated rings. The Morgan fingerprint density at radius 3 is 2.32 bits per heavy atom. The first-order valence-corrected chi connectivity index (χ1v) is 6.07. The molecule has 0 spiro atoms. The summed E-state index contributed by atoms with van der Waals surface area (Å²) in [5.74, 6) is -0.347. The maximum absolute atomic E-state index is 13.8. The fraction of sp³-hybridized carbons (Fsp3) is 0.200. The molecular formula is C15H18FN3. The monoisotopic (exact) mass is 259 g/mol. The van der Waals surface area contributed by atoms with Gasteiger partial charge in [0.2, 0.25) is 0 Å². The highest BCUT2D eigenvalue weighted by molar-refractivity contribution is 5.66. The van der Waals surface area contributed by atoms with Crippen LogP contribution in [0.25, 0.3) is 0 Å². The van der Waals surface area contributed by atoms with E-state index in [2.05, 4.69) is 5.32 Å². The molecule has 4 heteroatoms. The zero-order chi connectivity index (χ0) is 14.0. The van der Waals surface area contributed by atoms with E-state index < -0.39 is 0 Å². The summed E-state index contributed by atoms with van der Waals surface area (Å²) in [7, 11) is 3.96. The quantitative estimate of drug-likeness (QED) is 0.829. The third-order valence-electron chi connectivity index (χ3n) is 3.02. The number of nitrogens with two attached hydrogens (primary N) is 1. The number of nitrogens with zero attached hydrogens (tertiary/aromatic N) is 1. The van der Waals surface area contributed by atoms with Crippen molar-refractivity contribution in [2.45, 2.75) is 6.92 Å². The largest absolute Gasteiger partial charge is 0.398 e. The van der Waals surface area contributed by atoms with Gasteiger partial charge in [0, 0.05) is 31.2 Å². The molecule has 19 heavy (non-hydrogen) atoms. The van der Waals surface area contributed by atoms with Gasteiger partial charge in [-0.2, -0.15) is 0 Å². The molecule has 0 amide bonds. The van der Waals surface area contributed by atoms with Gasteiger partial charge < -0.3 is 16.0 Å². The van der Waals surface area contributed by atoms with Gasteiger partial charge in [-0.15, -0.1) is 0 Å². The third-order valence-corrected chi connectivity index (χ3v) is 3.02. The average molecular weight is 259 g/mol. The number of benzene rings is 2. The van der Waals surface area contributed by atoms with Crippen molar-refractivity contribution >= 4 is 22.7 Å². The van der Waals surface area contributed by atoms with Crippen LogP contribution in [0, 0.1) is 12.7 Å². The first-order valence-electron chi connectivity index (χ1n) is 6.07. The molecule has 0 aromatic heterocycles. The molecule has 0 atom stereocenters. The molecule has 3 N–H and O–H groups in total. The molecule has 0 aliphatic carbocycles. The summed E-state index contributed by atoms with van der Waals surface area (Å²) >= 11 is 0. The molecular weight excluding hydrogens is 241 g/mol. The minimum Gasteiger partial charge on any atom is -0.398 e. The molecule has 2 rings (SSSR count). The lowest BCUT2D eigenvalue weighted by Gasteiger charge is -2.14. The molecule has 100 valence electrons. The molecule has 0 unspecified atom stereocenters. The van der Waals surface area contributed by atoms with Crippen LogP contribution < -0.4 is 16.0 Å². The number of aryl methyl sites for hydroxylation is 1. The Balaban J connectivity index is 2.24. The first kappa shape index (κ1) is 13.2. The van der Waals surface area contributed by atoms with Gasteiger partial charge in [-0.25, -0.2) is 4.39 Å². The molecule has 2 aromatic carbocycles. The number of anilines is 4. The molecule has 0 saturated carbocycles. The molecule has 0 heterocycles. The molecule has 0 bridgehead atoms. The van der Waals surface area contributed by atoms with Crippen molar-refractivity contribution in [2.24, 2.45) is 0 Å². The van der Waals surface area contributed by atoms with E-state index in [1.54, 1.807) is 6.07 Å². The summed E-state index contributed by atoms with van der Waals surface area (Å²) in [6.07, 6.45) is 0. The predicted molar refractivity (Wildman–Crippen MR) is 79.6 cm³/mol. The van der Waals surface area contributed by atoms with E-state index in [-0.39, 0.29) is 5.82 Å². The van der Waals surface area contributed by atoms with E-state index in [9.17, 15) is 4.39 Å². The summed E-state index contributed by atoms with van der Waals surface area (Å²) in [5.41, 5.74) is 9.35. The Kier molecular flexibility index (Phi) is 3.60. The molecule has 0 aliphatic heterocycles. The Hall–Kier alpha value is -2.23. The Morgan fingerprint density at radius 1 is 1.11 bits per heavy atom. The number of halogens is 1. The standard InChI is InChI=1S/C15H18FN3/c1-10-8-15(13(16)9-14(10)17)18-11-4-6-12(7-5-11)19(2)3/h4-9,18H,17H2,1-3H3. The molecule has 3 nitrogen and oxygen atoms in total. The maximum Gasteiger partial charge on any atom is 0.148 e. The number of nitrogen functional groups attached to an aromatic ring is 1. The highest BCUT2D eigenvalue weighted by Gasteiger charge is 2.06. The Bertz CT molecular complexity index is 577. The highest BCUT2D eigenvalue weighted by Crippen LogP contribution is 2.25. The summed E-state index contributed by atoms with van der Waals surface area (Å²) in [4.78, 5) is 2.01. The van der Waals surface area contributed by atoms with E-state index in [1.165, 1.54) is 6.07 Å². The van der Waals surface area contributed by atoms with Gasteiger partial charge in [0.05, 0.1) is 5.69 Å². The van der Waals surface area contributed by atoms with Crippen LogP contribution in [0.4, 0.5) is 27.1 Å². The Labute approximate surface area is 112 Å². The van der Waals surface area contributed by atoms with Crippen LogP contribution in [-0.2, 0) is 0 Å². The molecule has 2 aromatic rings. The zero-order valence-corrected chi connectivity index (χ0v) is 11.4. The summed E-state index contributed by atoms with van der Waals surface area (Å²) in [5, 5.41) is 3.06. The fourth-order valence-corrected chi connectivity index (χ4v) is 1.79. The van der Waals surface area contributed by atoms with Crippen LogP contribution in [0.15, 0.2) is 36.4 Å². The van der Waals surface area contributed by atoms with Crippen LogP contribution in [0.2, 0.25) is 0 Å². The van der Waals surface area contributed by atoms with Crippen LogP contribution in [0.5, 0.6) is 0 Å². The lowest BCUT2D eigenvalue weighted by Crippen LogP contribution is -2.08. The van der Waals surface area contributed by atoms with Gasteiger partial charge in [-0.05, 0) is 48.9 Å². The molecule has 0 aliphatic rings. The lowest BCUT2D eigenvalue weighted by atomic mass is 10.1. The second-order valence-electron chi connectivity index (χ2n) is 4.75. The van der Waals surface area contributed by atoms with E-state index in [0.717, 1.165) is 16.9 Å². The molecule has 0 saturated heterocycles. The van der Waals surface area contributed by atoms with Gasteiger partial charge >= 0.3 is 0 Å². The number of hydrogen-bond acceptors (Lipinski definition) is 3. The minimum absolute atomic E-state index is 0.347. The second kappa shape index (κ2) is 5.18. The summed E-state index contributed by atoms with van der Waals surface area (Å²) in [6, 6.07) is 10.8. The third kappa shape index (κ3) is 2.96. The zero-order valence-electron chi connectivity index (χ0n) is 11.4. The van der Waals surface area contributed by atoms with Gasteiger partial charge in [0.25, 0.3) is 0 Å². The van der Waals surface area contributed by atoms with E-state index in [0.29, 0.717) is 11.4 Å². The van der Waals surface area contributed by atoms with Crippen LogP contribution in [0.1, 0.15) is 5.56 Å². The topological polar surface area (TPSA) is 41.3 Å². The van der Waals surface area contributed by atoms with Gasteiger partial charge in [0.1, 0.15) is 5.82 Å². The van der Waals surface area contributed by atoms with E-state index in [1.807, 2.05) is 50.2 Å². The van der Waals surface area contributed by atoms with Crippen molar-refractivity contribution in [2.75, 3.05) is 30.0 Å². The Morgan fingerprint density at radius 2 is 1.74 bits per heavy atom. The summed E-state index contributed by atoms with van der Waals surface area (Å²) < 4.78 is 13.8. The van der Waals surface area contributed by atoms with Crippen LogP contribution in [-0.4, -0.2) is 14.1 Å². The SMILES string of the molecule is Cc1cc(Nc2ccc(N(C)C)cc2)c(F)cc1N. The highest BCUT2D eigenvalue weighted by atomic mass is 19.1. The fourth-order valence-electron chi connectivity index (χ4n) is 1.79. The van der Waals surface area contributed by atoms with Gasteiger partial charge in [-0.1, -0.05) is 0 Å². The van der Waals surface area contributed by atoms with Crippen molar-refractivity contribution < 1.29 is 4.39 Å².